The maximum Gasteiger partial charge on any atom is 0.272 e. The Bertz CT molecular complexity index is 475. The quantitative estimate of drug-likeness (QED) is 0.646. The number of rotatable bonds is 3. The van der Waals surface area contributed by atoms with Gasteiger partial charge in [-0.3, -0.25) is 14.9 Å². The third-order valence-corrected chi connectivity index (χ3v) is 2.98. The third-order valence-electron chi connectivity index (χ3n) is 2.74. The van der Waals surface area contributed by atoms with Gasteiger partial charge in [0.05, 0.1) is 4.92 Å². The van der Waals surface area contributed by atoms with Crippen LogP contribution >= 0.6 is 11.6 Å². The van der Waals surface area contributed by atoms with Gasteiger partial charge in [0.2, 0.25) is 5.91 Å². The number of hydrogen-bond donors (Lipinski definition) is 1. The molecule has 1 aromatic carbocycles. The van der Waals surface area contributed by atoms with Crippen molar-refractivity contribution in [2.24, 2.45) is 11.7 Å². The second-order valence-corrected chi connectivity index (χ2v) is 4.25. The molecule has 1 aliphatic rings. The summed E-state index contributed by atoms with van der Waals surface area (Å²) >= 11 is 5.78. The number of halogens is 1. The van der Waals surface area contributed by atoms with E-state index in [0.29, 0.717) is 17.0 Å². The lowest BCUT2D eigenvalue weighted by Crippen LogP contribution is -2.13. The molecule has 16 heavy (non-hydrogen) atoms. The number of nitrogens with zero attached hydrogens (tertiary/aromatic N) is 1. The highest BCUT2D eigenvalue weighted by Gasteiger charge is 2.45. The van der Waals surface area contributed by atoms with Gasteiger partial charge >= 0.3 is 0 Å². The van der Waals surface area contributed by atoms with E-state index in [0.717, 1.165) is 0 Å². The molecule has 0 bridgehead atoms. The summed E-state index contributed by atoms with van der Waals surface area (Å²) in [5.74, 6) is -0.868. The van der Waals surface area contributed by atoms with Gasteiger partial charge in [-0.2, -0.15) is 0 Å². The molecular formula is C10H9ClN2O3. The number of carbonyl (C=O) groups is 1. The Morgan fingerprint density at radius 1 is 1.56 bits per heavy atom. The minimum atomic E-state index is -0.470. The minimum absolute atomic E-state index is 0.00171. The van der Waals surface area contributed by atoms with Crippen molar-refractivity contribution in [3.8, 4) is 0 Å². The lowest BCUT2D eigenvalue weighted by atomic mass is 10.1. The van der Waals surface area contributed by atoms with Crippen LogP contribution in [-0.4, -0.2) is 10.8 Å². The topological polar surface area (TPSA) is 86.2 Å². The maximum absolute atomic E-state index is 10.9. The van der Waals surface area contributed by atoms with Gasteiger partial charge in [-0.15, -0.1) is 0 Å². The first-order chi connectivity index (χ1) is 7.50. The van der Waals surface area contributed by atoms with Crippen LogP contribution in [0.5, 0.6) is 0 Å². The van der Waals surface area contributed by atoms with Gasteiger partial charge in [0.15, 0.2) is 0 Å². The summed E-state index contributed by atoms with van der Waals surface area (Å²) < 4.78 is 0. The average Bonchev–Trinajstić information content (AvgIpc) is 2.96. The smallest absolute Gasteiger partial charge is 0.272 e. The largest absolute Gasteiger partial charge is 0.369 e. The Balaban J connectivity index is 2.37. The van der Waals surface area contributed by atoms with E-state index in [9.17, 15) is 14.9 Å². The summed E-state index contributed by atoms with van der Waals surface area (Å²) in [6.07, 6.45) is 0.566. The van der Waals surface area contributed by atoms with Crippen LogP contribution in [-0.2, 0) is 4.79 Å². The molecule has 1 aromatic rings. The Morgan fingerprint density at radius 3 is 2.75 bits per heavy atom. The lowest BCUT2D eigenvalue weighted by molar-refractivity contribution is -0.385. The lowest BCUT2D eigenvalue weighted by Gasteiger charge is -2.01. The van der Waals surface area contributed by atoms with Crippen LogP contribution in [0.15, 0.2) is 18.2 Å². The fraction of sp³-hybridized carbons (Fsp3) is 0.300. The number of primary amides is 1. The number of nitro benzene ring substituents is 1. The van der Waals surface area contributed by atoms with Gasteiger partial charge in [0, 0.05) is 28.5 Å². The SMILES string of the molecule is NC(=O)C1CC1c1cc(Cl)ccc1[N+](=O)[O-]. The average molecular weight is 241 g/mol. The van der Waals surface area contributed by atoms with Gasteiger partial charge in [0.25, 0.3) is 5.69 Å². The van der Waals surface area contributed by atoms with Crippen LogP contribution in [0.3, 0.4) is 0 Å². The van der Waals surface area contributed by atoms with Gasteiger partial charge in [-0.25, -0.2) is 0 Å². The predicted molar refractivity (Wildman–Crippen MR) is 58.1 cm³/mol. The molecule has 0 aliphatic heterocycles. The number of nitrogens with two attached hydrogens (primary N) is 1. The Kier molecular flexibility index (Phi) is 2.55. The fourth-order valence-electron chi connectivity index (χ4n) is 1.84. The highest BCUT2D eigenvalue weighted by Crippen LogP contribution is 2.50. The summed E-state index contributed by atoms with van der Waals surface area (Å²) in [4.78, 5) is 21.2. The van der Waals surface area contributed by atoms with Gasteiger partial charge in [0.1, 0.15) is 0 Å². The van der Waals surface area contributed by atoms with Crippen molar-refractivity contribution in [2.75, 3.05) is 0 Å². The van der Waals surface area contributed by atoms with Gasteiger partial charge in [-0.1, -0.05) is 11.6 Å². The van der Waals surface area contributed by atoms with Crippen LogP contribution < -0.4 is 5.73 Å². The molecule has 1 saturated carbocycles. The van der Waals surface area contributed by atoms with Crippen molar-refractivity contribution in [3.05, 3.63) is 38.9 Å². The number of carbonyl (C=O) groups excluding carboxylic acids is 1. The highest BCUT2D eigenvalue weighted by molar-refractivity contribution is 6.30. The molecule has 1 amide bonds. The first-order valence-corrected chi connectivity index (χ1v) is 5.11. The minimum Gasteiger partial charge on any atom is -0.369 e. The molecule has 2 unspecified atom stereocenters. The molecule has 0 heterocycles. The Morgan fingerprint density at radius 2 is 2.25 bits per heavy atom. The van der Waals surface area contributed by atoms with Crippen molar-refractivity contribution >= 4 is 23.2 Å². The summed E-state index contributed by atoms with van der Waals surface area (Å²) in [5.41, 5.74) is 5.65. The number of benzene rings is 1. The normalized spacial score (nSPS) is 22.8. The zero-order valence-corrected chi connectivity index (χ0v) is 8.98. The molecule has 84 valence electrons. The van der Waals surface area contributed by atoms with E-state index in [2.05, 4.69) is 0 Å². The molecule has 6 heteroatoms. The zero-order chi connectivity index (χ0) is 11.9. The predicted octanol–water partition coefficient (Wildman–Crippen LogP) is 1.84. The highest BCUT2D eigenvalue weighted by atomic mass is 35.5. The number of nitro groups is 1. The van der Waals surface area contributed by atoms with Crippen molar-refractivity contribution in [2.45, 2.75) is 12.3 Å². The molecule has 0 spiro atoms. The van der Waals surface area contributed by atoms with Crippen LogP contribution in [0.25, 0.3) is 0 Å². The Labute approximate surface area is 96.3 Å². The molecule has 2 atom stereocenters. The molecule has 2 N–H and O–H groups in total. The van der Waals surface area contributed by atoms with Crippen LogP contribution in [0.1, 0.15) is 17.9 Å². The summed E-state index contributed by atoms with van der Waals surface area (Å²) in [6, 6.07) is 4.35. The number of hydrogen-bond acceptors (Lipinski definition) is 3. The van der Waals surface area contributed by atoms with Crippen molar-refractivity contribution < 1.29 is 9.72 Å². The van der Waals surface area contributed by atoms with E-state index < -0.39 is 10.8 Å². The molecule has 0 saturated heterocycles. The molecule has 0 radical (unpaired) electrons. The molecular weight excluding hydrogens is 232 g/mol. The first kappa shape index (κ1) is 10.9. The summed E-state index contributed by atoms with van der Waals surface area (Å²) in [6.45, 7) is 0. The second kappa shape index (κ2) is 3.75. The molecule has 2 rings (SSSR count). The summed E-state index contributed by atoms with van der Waals surface area (Å²) in [7, 11) is 0. The van der Waals surface area contributed by atoms with Crippen molar-refractivity contribution in [3.63, 3.8) is 0 Å². The maximum atomic E-state index is 10.9. The van der Waals surface area contributed by atoms with E-state index in [4.69, 9.17) is 17.3 Å². The van der Waals surface area contributed by atoms with Gasteiger partial charge in [-0.05, 0) is 18.6 Å². The van der Waals surface area contributed by atoms with Crippen LogP contribution in [0, 0.1) is 16.0 Å². The van der Waals surface area contributed by atoms with E-state index >= 15 is 0 Å². The number of amides is 1. The fourth-order valence-corrected chi connectivity index (χ4v) is 2.02. The van der Waals surface area contributed by atoms with Crippen molar-refractivity contribution in [1.29, 1.82) is 0 Å². The van der Waals surface area contributed by atoms with Crippen LogP contribution in [0.2, 0.25) is 5.02 Å². The van der Waals surface area contributed by atoms with E-state index in [-0.39, 0.29) is 17.5 Å². The third kappa shape index (κ3) is 1.86. The molecule has 0 aromatic heterocycles. The summed E-state index contributed by atoms with van der Waals surface area (Å²) in [5, 5.41) is 11.2. The monoisotopic (exact) mass is 240 g/mol. The zero-order valence-electron chi connectivity index (χ0n) is 8.22. The van der Waals surface area contributed by atoms with Crippen LogP contribution in [0.4, 0.5) is 5.69 Å². The second-order valence-electron chi connectivity index (χ2n) is 3.81. The van der Waals surface area contributed by atoms with E-state index in [1.165, 1.54) is 18.2 Å². The van der Waals surface area contributed by atoms with Gasteiger partial charge < -0.3 is 5.73 Å². The van der Waals surface area contributed by atoms with E-state index in [1.54, 1.807) is 0 Å². The standard InChI is InChI=1S/C10H9ClN2O3/c11-5-1-2-9(13(15)16)7(3-5)6-4-8(6)10(12)14/h1-3,6,8H,4H2,(H2,12,14). The van der Waals surface area contributed by atoms with Crippen molar-refractivity contribution in [1.82, 2.24) is 0 Å². The molecule has 1 fully saturated rings. The molecule has 1 aliphatic carbocycles. The first-order valence-electron chi connectivity index (χ1n) is 4.74. The van der Waals surface area contributed by atoms with E-state index in [1.807, 2.05) is 0 Å². The molecule has 5 nitrogen and oxygen atoms in total. The Hall–Kier alpha value is -1.62.